The van der Waals surface area contributed by atoms with Crippen LogP contribution in [-0.4, -0.2) is 20.2 Å². The molecule has 0 saturated carbocycles. The lowest BCUT2D eigenvalue weighted by Crippen LogP contribution is -2.30. The van der Waals surface area contributed by atoms with E-state index in [2.05, 4.69) is 10.6 Å². The highest BCUT2D eigenvalue weighted by atomic mass is 32.2. The van der Waals surface area contributed by atoms with Crippen LogP contribution in [0.1, 0.15) is 21.5 Å². The third-order valence-electron chi connectivity index (χ3n) is 5.37. The first kappa shape index (κ1) is 23.9. The summed E-state index contributed by atoms with van der Waals surface area (Å²) in [4.78, 5) is 26.1. The molecule has 4 aromatic rings. The normalized spacial score (nSPS) is 11.8. The molecule has 7 nitrogen and oxygen atoms in total. The molecule has 4 rings (SSSR count). The number of carbonyl (C=O) groups is 2. The van der Waals surface area contributed by atoms with E-state index in [0.29, 0.717) is 11.3 Å². The number of rotatable bonds is 6. The van der Waals surface area contributed by atoms with Crippen LogP contribution < -0.4 is 15.8 Å². The second kappa shape index (κ2) is 9.92. The number of primary sulfonamides is 1. The van der Waals surface area contributed by atoms with Gasteiger partial charge in [-0.1, -0.05) is 60.2 Å². The van der Waals surface area contributed by atoms with Gasteiger partial charge in [-0.2, -0.15) is 0 Å². The Balaban J connectivity index is 1.69. The number of fused-ring (bicyclic) bond motifs is 1. The summed E-state index contributed by atoms with van der Waals surface area (Å²) in [6.07, 6.45) is 1.61. The van der Waals surface area contributed by atoms with Gasteiger partial charge in [0.15, 0.2) is 0 Å². The van der Waals surface area contributed by atoms with Crippen molar-refractivity contribution in [1.82, 2.24) is 5.32 Å². The summed E-state index contributed by atoms with van der Waals surface area (Å²) in [5, 5.41) is 12.5. The van der Waals surface area contributed by atoms with Crippen LogP contribution in [0.3, 0.4) is 0 Å². The fourth-order valence-electron chi connectivity index (χ4n) is 3.52. The minimum absolute atomic E-state index is 0.0300. The van der Waals surface area contributed by atoms with Crippen LogP contribution in [-0.2, 0) is 14.8 Å². The highest BCUT2D eigenvalue weighted by Gasteiger charge is 2.16. The van der Waals surface area contributed by atoms with E-state index < -0.39 is 21.8 Å². The minimum atomic E-state index is -3.86. The van der Waals surface area contributed by atoms with Crippen LogP contribution in [0.25, 0.3) is 16.8 Å². The molecule has 0 aliphatic rings. The van der Waals surface area contributed by atoms with E-state index in [1.165, 1.54) is 24.3 Å². The van der Waals surface area contributed by atoms with Gasteiger partial charge in [0.2, 0.25) is 10.0 Å². The van der Waals surface area contributed by atoms with Crippen LogP contribution in [0.2, 0.25) is 0 Å². The molecule has 4 N–H and O–H groups in total. The number of aryl methyl sites for hydroxylation is 1. The zero-order valence-electron chi connectivity index (χ0n) is 18.9. The molecule has 0 aliphatic carbocycles. The monoisotopic (exact) mass is 485 g/mol. The summed E-state index contributed by atoms with van der Waals surface area (Å²) in [5.74, 6) is -1.00. The SMILES string of the molecule is Cc1ccc(C(=O)N/C(=C\c2cccc3ccccc23)C(=O)Nc2ccc(S(N)(=O)=O)cc2)cc1. The van der Waals surface area contributed by atoms with E-state index in [1.54, 1.807) is 18.2 Å². The standard InChI is InChI=1S/C27H23N3O4S/c1-18-9-11-20(12-10-18)26(31)30-25(17-21-7-4-6-19-5-2-3-8-24(19)21)27(32)29-22-13-15-23(16-14-22)35(28,33)34/h2-17H,1H3,(H,29,32)(H,30,31)(H2,28,33,34)/b25-17-. The summed E-state index contributed by atoms with van der Waals surface area (Å²) in [6, 6.07) is 25.9. The number of hydrogen-bond donors (Lipinski definition) is 3. The van der Waals surface area contributed by atoms with Gasteiger partial charge in [0.25, 0.3) is 11.8 Å². The van der Waals surface area contributed by atoms with E-state index in [-0.39, 0.29) is 10.6 Å². The van der Waals surface area contributed by atoms with Crippen molar-refractivity contribution in [1.29, 1.82) is 0 Å². The van der Waals surface area contributed by atoms with Crippen molar-refractivity contribution in [2.45, 2.75) is 11.8 Å². The second-order valence-electron chi connectivity index (χ2n) is 7.97. The lowest BCUT2D eigenvalue weighted by Gasteiger charge is -2.12. The van der Waals surface area contributed by atoms with Gasteiger partial charge < -0.3 is 10.6 Å². The zero-order valence-corrected chi connectivity index (χ0v) is 19.7. The van der Waals surface area contributed by atoms with Crippen LogP contribution in [0.4, 0.5) is 5.69 Å². The molecule has 0 bridgehead atoms. The minimum Gasteiger partial charge on any atom is -0.321 e. The smallest absolute Gasteiger partial charge is 0.272 e. The van der Waals surface area contributed by atoms with Crippen molar-refractivity contribution >= 4 is 44.4 Å². The Labute approximate surface area is 203 Å². The predicted octanol–water partition coefficient (Wildman–Crippen LogP) is 4.21. The molecule has 0 spiro atoms. The summed E-state index contributed by atoms with van der Waals surface area (Å²) < 4.78 is 23.0. The Morgan fingerprint density at radius 3 is 2.17 bits per heavy atom. The van der Waals surface area contributed by atoms with Crippen LogP contribution in [0.5, 0.6) is 0 Å². The fraction of sp³-hybridized carbons (Fsp3) is 0.0370. The molecule has 0 heterocycles. The average molecular weight is 486 g/mol. The van der Waals surface area contributed by atoms with Gasteiger partial charge >= 0.3 is 0 Å². The maximum absolute atomic E-state index is 13.2. The zero-order chi connectivity index (χ0) is 25.0. The molecule has 0 fully saturated rings. The molecule has 4 aromatic carbocycles. The topological polar surface area (TPSA) is 118 Å². The summed E-state index contributed by atoms with van der Waals surface area (Å²) in [7, 11) is -3.86. The van der Waals surface area contributed by atoms with Crippen molar-refractivity contribution in [3.8, 4) is 0 Å². The lowest BCUT2D eigenvalue weighted by atomic mass is 10.0. The van der Waals surface area contributed by atoms with Crippen molar-refractivity contribution in [3.63, 3.8) is 0 Å². The second-order valence-corrected chi connectivity index (χ2v) is 9.53. The van der Waals surface area contributed by atoms with Gasteiger partial charge in [-0.15, -0.1) is 0 Å². The van der Waals surface area contributed by atoms with Gasteiger partial charge in [-0.25, -0.2) is 13.6 Å². The van der Waals surface area contributed by atoms with Crippen LogP contribution >= 0.6 is 0 Å². The summed E-state index contributed by atoms with van der Waals surface area (Å²) in [5.41, 5.74) is 2.54. The first-order valence-corrected chi connectivity index (χ1v) is 12.3. The fourth-order valence-corrected chi connectivity index (χ4v) is 4.03. The Kier molecular flexibility index (Phi) is 6.77. The maximum atomic E-state index is 13.2. The van der Waals surface area contributed by atoms with Crippen molar-refractivity contribution in [2.75, 3.05) is 5.32 Å². The first-order valence-electron chi connectivity index (χ1n) is 10.7. The highest BCUT2D eigenvalue weighted by molar-refractivity contribution is 7.89. The van der Waals surface area contributed by atoms with Gasteiger partial charge in [-0.05, 0) is 65.7 Å². The number of nitrogens with one attached hydrogen (secondary N) is 2. The number of amides is 2. The number of anilines is 1. The van der Waals surface area contributed by atoms with Crippen LogP contribution in [0.15, 0.2) is 102 Å². The molecule has 0 unspecified atom stereocenters. The molecule has 2 amide bonds. The summed E-state index contributed by atoms with van der Waals surface area (Å²) in [6.45, 7) is 1.92. The van der Waals surface area contributed by atoms with Crippen molar-refractivity contribution in [3.05, 3.63) is 113 Å². The number of hydrogen-bond acceptors (Lipinski definition) is 4. The largest absolute Gasteiger partial charge is 0.321 e. The van der Waals surface area contributed by atoms with Gasteiger partial charge in [0.05, 0.1) is 4.90 Å². The Morgan fingerprint density at radius 1 is 0.829 bits per heavy atom. The van der Waals surface area contributed by atoms with E-state index >= 15 is 0 Å². The van der Waals surface area contributed by atoms with Crippen molar-refractivity contribution < 1.29 is 18.0 Å². The molecular weight excluding hydrogens is 462 g/mol. The molecule has 0 atom stereocenters. The van der Waals surface area contributed by atoms with E-state index in [9.17, 15) is 18.0 Å². The third kappa shape index (κ3) is 5.81. The Morgan fingerprint density at radius 2 is 1.49 bits per heavy atom. The number of benzene rings is 4. The number of carbonyl (C=O) groups excluding carboxylic acids is 2. The van der Waals surface area contributed by atoms with Gasteiger partial charge in [-0.3, -0.25) is 9.59 Å². The molecule has 0 saturated heterocycles. The lowest BCUT2D eigenvalue weighted by molar-refractivity contribution is -0.113. The molecule has 0 radical (unpaired) electrons. The van der Waals surface area contributed by atoms with E-state index in [1.807, 2.05) is 61.5 Å². The Hall–Kier alpha value is -4.27. The van der Waals surface area contributed by atoms with Crippen LogP contribution in [0, 0.1) is 6.92 Å². The molecule has 8 heteroatoms. The highest BCUT2D eigenvalue weighted by Crippen LogP contribution is 2.21. The van der Waals surface area contributed by atoms with E-state index in [0.717, 1.165) is 21.9 Å². The molecular formula is C27H23N3O4S. The predicted molar refractivity (Wildman–Crippen MR) is 137 cm³/mol. The summed E-state index contributed by atoms with van der Waals surface area (Å²) >= 11 is 0. The molecule has 176 valence electrons. The average Bonchev–Trinajstić information content (AvgIpc) is 2.84. The number of sulfonamides is 1. The third-order valence-corrected chi connectivity index (χ3v) is 6.30. The first-order chi connectivity index (χ1) is 16.7. The Bertz CT molecular complexity index is 1540. The van der Waals surface area contributed by atoms with Gasteiger partial charge in [0, 0.05) is 11.3 Å². The molecule has 0 aliphatic heterocycles. The molecule has 35 heavy (non-hydrogen) atoms. The number of nitrogens with two attached hydrogens (primary N) is 1. The molecule has 0 aromatic heterocycles. The van der Waals surface area contributed by atoms with Crippen molar-refractivity contribution in [2.24, 2.45) is 5.14 Å². The maximum Gasteiger partial charge on any atom is 0.272 e. The van der Waals surface area contributed by atoms with E-state index in [4.69, 9.17) is 5.14 Å². The quantitative estimate of drug-likeness (QED) is 0.355. The van der Waals surface area contributed by atoms with Gasteiger partial charge in [0.1, 0.15) is 5.70 Å².